The molecule has 1 aromatic heterocycles. The molecule has 0 saturated carbocycles. The number of nitrogen functional groups attached to an aromatic ring is 1. The van der Waals surface area contributed by atoms with E-state index in [0.29, 0.717) is 0 Å². The first-order valence-corrected chi connectivity index (χ1v) is 6.93. The van der Waals surface area contributed by atoms with Crippen molar-refractivity contribution in [3.8, 4) is 0 Å². The van der Waals surface area contributed by atoms with Gasteiger partial charge in [0.2, 0.25) is 5.82 Å². The van der Waals surface area contributed by atoms with Crippen LogP contribution < -0.4 is 15.4 Å². The Bertz CT molecular complexity index is 455. The second kappa shape index (κ2) is 4.63. The van der Waals surface area contributed by atoms with Crippen LogP contribution in [0.2, 0.25) is 0 Å². The first kappa shape index (κ1) is 11.6. The zero-order chi connectivity index (χ0) is 12.5. The van der Waals surface area contributed by atoms with E-state index in [1.807, 2.05) is 0 Å². The van der Waals surface area contributed by atoms with Crippen LogP contribution in [0.15, 0.2) is 0 Å². The van der Waals surface area contributed by atoms with Crippen molar-refractivity contribution in [2.24, 2.45) is 0 Å². The van der Waals surface area contributed by atoms with E-state index < -0.39 is 0 Å². The quantitative estimate of drug-likeness (QED) is 0.598. The zero-order valence-electron chi connectivity index (χ0n) is 10.7. The third-order valence-electron chi connectivity index (χ3n) is 4.04. The minimum atomic E-state index is 0.108. The maximum atomic E-state index is 12.0. The number of hydrogen-bond donors (Lipinski definition) is 1. The molecule has 0 bridgehead atoms. The summed E-state index contributed by atoms with van der Waals surface area (Å²) in [5.74, 6) is 1.09. The smallest absolute Gasteiger partial charge is 0.392 e. The zero-order valence-corrected chi connectivity index (χ0v) is 10.7. The molecule has 0 unspecified atom stereocenters. The summed E-state index contributed by atoms with van der Waals surface area (Å²) in [5.41, 5.74) is 7.77. The Kier molecular flexibility index (Phi) is 2.97. The number of rotatable bonds is 1. The molecule has 1 saturated heterocycles. The summed E-state index contributed by atoms with van der Waals surface area (Å²) in [4.78, 5) is 6.67. The van der Waals surface area contributed by atoms with Crippen molar-refractivity contribution < 1.29 is 4.73 Å². The number of anilines is 2. The predicted molar refractivity (Wildman–Crippen MR) is 70.3 cm³/mol. The maximum Gasteiger partial charge on any atom is 0.392 e. The normalized spacial score (nSPS) is 19.7. The molecule has 2 aliphatic rings. The number of aromatic nitrogens is 2. The fourth-order valence-corrected chi connectivity index (χ4v) is 3.08. The molecule has 0 aromatic carbocycles. The molecule has 18 heavy (non-hydrogen) atoms. The van der Waals surface area contributed by atoms with Gasteiger partial charge in [-0.2, -0.15) is 0 Å². The molecule has 0 radical (unpaired) electrons. The van der Waals surface area contributed by atoms with E-state index in [0.717, 1.165) is 60.6 Å². The van der Waals surface area contributed by atoms with E-state index in [1.165, 1.54) is 19.3 Å². The summed E-state index contributed by atoms with van der Waals surface area (Å²) in [6.07, 6.45) is 7.76. The lowest BCUT2D eigenvalue weighted by Gasteiger charge is -2.30. The molecule has 1 aliphatic heterocycles. The Morgan fingerprint density at radius 2 is 1.78 bits per heavy atom. The standard InChI is InChI=1S/C13H20N4O/c14-13-15-12(16-8-4-1-5-9-16)10-6-2-3-7-11(10)17(13)18/h1-9H2,(H2,14,15). The fraction of sp³-hybridized carbons (Fsp3) is 0.692. The molecule has 2 N–H and O–H groups in total. The van der Waals surface area contributed by atoms with Gasteiger partial charge in [0, 0.05) is 25.1 Å². The molecular formula is C13H20N4O. The summed E-state index contributed by atoms with van der Waals surface area (Å²) < 4.78 is 0.835. The SMILES string of the molecule is Nc1nc(N2CCCCC2)c2c([n+]1[O-])CCCC2. The minimum absolute atomic E-state index is 0.108. The van der Waals surface area contributed by atoms with Crippen LogP contribution in [0.5, 0.6) is 0 Å². The van der Waals surface area contributed by atoms with Crippen LogP contribution in [0, 0.1) is 5.21 Å². The van der Waals surface area contributed by atoms with Gasteiger partial charge in [-0.1, -0.05) is 4.98 Å². The van der Waals surface area contributed by atoms with Gasteiger partial charge in [0.25, 0.3) is 0 Å². The van der Waals surface area contributed by atoms with Gasteiger partial charge in [0.15, 0.2) is 0 Å². The van der Waals surface area contributed by atoms with E-state index in [9.17, 15) is 5.21 Å². The Labute approximate surface area is 107 Å². The van der Waals surface area contributed by atoms with Crippen LogP contribution in [0.4, 0.5) is 11.8 Å². The van der Waals surface area contributed by atoms with Crippen LogP contribution in [0.25, 0.3) is 0 Å². The van der Waals surface area contributed by atoms with Crippen molar-refractivity contribution in [3.63, 3.8) is 0 Å². The molecule has 0 amide bonds. The third kappa shape index (κ3) is 1.87. The molecule has 3 rings (SSSR count). The Morgan fingerprint density at radius 1 is 1.06 bits per heavy atom. The van der Waals surface area contributed by atoms with Crippen LogP contribution in [-0.4, -0.2) is 18.1 Å². The molecule has 98 valence electrons. The van der Waals surface area contributed by atoms with Crippen LogP contribution >= 0.6 is 0 Å². The molecular weight excluding hydrogens is 228 g/mol. The monoisotopic (exact) mass is 248 g/mol. The first-order chi connectivity index (χ1) is 8.77. The van der Waals surface area contributed by atoms with Crippen molar-refractivity contribution in [2.45, 2.75) is 44.9 Å². The second-order valence-corrected chi connectivity index (χ2v) is 5.27. The largest absolute Gasteiger partial charge is 0.740 e. The van der Waals surface area contributed by atoms with Crippen molar-refractivity contribution in [1.29, 1.82) is 0 Å². The topological polar surface area (TPSA) is 69.1 Å². The van der Waals surface area contributed by atoms with Crippen LogP contribution in [0.3, 0.4) is 0 Å². The van der Waals surface area contributed by atoms with Crippen molar-refractivity contribution >= 4 is 11.8 Å². The van der Waals surface area contributed by atoms with E-state index in [2.05, 4.69) is 9.88 Å². The predicted octanol–water partition coefficient (Wildman–Crippen LogP) is 1.17. The fourth-order valence-electron chi connectivity index (χ4n) is 3.08. The number of fused-ring (bicyclic) bond motifs is 1. The third-order valence-corrected chi connectivity index (χ3v) is 4.04. The summed E-state index contributed by atoms with van der Waals surface area (Å²) >= 11 is 0. The Morgan fingerprint density at radius 3 is 2.56 bits per heavy atom. The molecule has 1 fully saturated rings. The van der Waals surface area contributed by atoms with Crippen molar-refractivity contribution in [1.82, 2.24) is 4.98 Å². The van der Waals surface area contributed by atoms with Crippen molar-refractivity contribution in [2.75, 3.05) is 23.7 Å². The van der Waals surface area contributed by atoms with E-state index in [1.54, 1.807) is 0 Å². The summed E-state index contributed by atoms with van der Waals surface area (Å²) in [5, 5.41) is 12.0. The van der Waals surface area contributed by atoms with Gasteiger partial charge in [-0.25, -0.2) is 4.73 Å². The Hall–Kier alpha value is -1.52. The summed E-state index contributed by atoms with van der Waals surface area (Å²) in [7, 11) is 0. The Balaban J connectivity index is 2.05. The van der Waals surface area contributed by atoms with E-state index >= 15 is 0 Å². The molecule has 2 heterocycles. The van der Waals surface area contributed by atoms with Gasteiger partial charge < -0.3 is 10.1 Å². The molecule has 0 spiro atoms. The molecule has 5 heteroatoms. The van der Waals surface area contributed by atoms with Gasteiger partial charge in [-0.3, -0.25) is 5.73 Å². The van der Waals surface area contributed by atoms with Crippen LogP contribution in [-0.2, 0) is 12.8 Å². The number of hydrogen-bond acceptors (Lipinski definition) is 4. The van der Waals surface area contributed by atoms with Gasteiger partial charge in [-0.15, -0.1) is 0 Å². The average molecular weight is 248 g/mol. The lowest BCUT2D eigenvalue weighted by Crippen LogP contribution is -2.42. The first-order valence-electron chi connectivity index (χ1n) is 6.93. The van der Waals surface area contributed by atoms with Gasteiger partial charge >= 0.3 is 5.95 Å². The van der Waals surface area contributed by atoms with Gasteiger partial charge in [0.05, 0.1) is 5.69 Å². The second-order valence-electron chi connectivity index (χ2n) is 5.27. The highest BCUT2D eigenvalue weighted by Crippen LogP contribution is 2.29. The molecule has 0 atom stereocenters. The number of nitrogens with zero attached hydrogens (tertiary/aromatic N) is 3. The summed E-state index contributed by atoms with van der Waals surface area (Å²) in [6.45, 7) is 2.09. The van der Waals surface area contributed by atoms with Crippen LogP contribution in [0.1, 0.15) is 43.4 Å². The molecule has 1 aliphatic carbocycles. The average Bonchev–Trinajstić information content (AvgIpc) is 2.44. The van der Waals surface area contributed by atoms with E-state index in [4.69, 9.17) is 5.73 Å². The highest BCUT2D eigenvalue weighted by molar-refractivity contribution is 5.51. The highest BCUT2D eigenvalue weighted by atomic mass is 16.5. The lowest BCUT2D eigenvalue weighted by molar-refractivity contribution is -0.602. The molecule has 1 aromatic rings. The lowest BCUT2D eigenvalue weighted by atomic mass is 9.95. The van der Waals surface area contributed by atoms with Gasteiger partial charge in [0.1, 0.15) is 0 Å². The number of piperidine rings is 1. The minimum Gasteiger partial charge on any atom is -0.740 e. The van der Waals surface area contributed by atoms with E-state index in [-0.39, 0.29) is 5.95 Å². The van der Waals surface area contributed by atoms with Gasteiger partial charge in [-0.05, 0) is 38.5 Å². The number of nitrogens with two attached hydrogens (primary N) is 1. The molecule has 5 nitrogen and oxygen atoms in total. The summed E-state index contributed by atoms with van der Waals surface area (Å²) in [6, 6.07) is 0. The van der Waals surface area contributed by atoms with Crippen molar-refractivity contribution in [3.05, 3.63) is 16.5 Å². The maximum absolute atomic E-state index is 12.0. The highest BCUT2D eigenvalue weighted by Gasteiger charge is 2.27.